The topological polar surface area (TPSA) is 71.8 Å². The molecular formula is C26H19F6N3OS. The van der Waals surface area contributed by atoms with Crippen molar-refractivity contribution in [3.05, 3.63) is 95.1 Å². The van der Waals surface area contributed by atoms with Gasteiger partial charge in [0.25, 0.3) is 0 Å². The Hall–Kier alpha value is -3.73. The van der Waals surface area contributed by atoms with Crippen molar-refractivity contribution in [2.45, 2.75) is 23.9 Å². The zero-order valence-corrected chi connectivity index (χ0v) is 19.8. The number of benzene rings is 3. The number of amides is 1. The fourth-order valence-electron chi connectivity index (χ4n) is 3.72. The molecule has 1 amide bonds. The average Bonchev–Trinajstić information content (AvgIpc) is 3.27. The Bertz CT molecular complexity index is 1320. The van der Waals surface area contributed by atoms with Crippen LogP contribution in [-0.2, 0) is 18.8 Å². The molecule has 0 saturated heterocycles. The number of carbonyl (C=O) groups excluding carboxylic acids is 1. The van der Waals surface area contributed by atoms with Gasteiger partial charge in [-0.15, -0.1) is 0 Å². The van der Waals surface area contributed by atoms with E-state index in [1.807, 2.05) is 0 Å². The van der Waals surface area contributed by atoms with Gasteiger partial charge in [0.1, 0.15) is 0 Å². The molecule has 0 radical (unpaired) electrons. The van der Waals surface area contributed by atoms with Crippen molar-refractivity contribution in [1.82, 2.24) is 9.97 Å². The first-order chi connectivity index (χ1) is 17.4. The minimum atomic E-state index is -4.51. The second-order valence-electron chi connectivity index (χ2n) is 8.04. The molecule has 37 heavy (non-hydrogen) atoms. The highest BCUT2D eigenvalue weighted by atomic mass is 32.2. The van der Waals surface area contributed by atoms with Crippen molar-refractivity contribution < 1.29 is 31.1 Å². The number of nitrogens with one attached hydrogen (secondary N) is 1. The van der Waals surface area contributed by atoms with Crippen molar-refractivity contribution in [3.8, 4) is 22.5 Å². The number of aromatic amines is 1. The Kier molecular flexibility index (Phi) is 7.35. The molecule has 192 valence electrons. The van der Waals surface area contributed by atoms with Crippen LogP contribution in [0.15, 0.2) is 78.0 Å². The molecule has 1 heterocycles. The van der Waals surface area contributed by atoms with Crippen LogP contribution in [-0.4, -0.2) is 21.6 Å². The molecule has 0 aliphatic heterocycles. The molecule has 11 heteroatoms. The number of hydrogen-bond donors (Lipinski definition) is 2. The van der Waals surface area contributed by atoms with Gasteiger partial charge in [0, 0.05) is 22.4 Å². The Morgan fingerprint density at radius 3 is 1.89 bits per heavy atom. The monoisotopic (exact) mass is 535 g/mol. The molecule has 4 aromatic rings. The van der Waals surface area contributed by atoms with E-state index in [1.165, 1.54) is 36.0 Å². The third-order valence-electron chi connectivity index (χ3n) is 5.56. The van der Waals surface area contributed by atoms with Gasteiger partial charge in [0.05, 0.1) is 22.5 Å². The van der Waals surface area contributed by atoms with Crippen LogP contribution in [0.3, 0.4) is 0 Å². The molecule has 0 aliphatic rings. The smallest absolute Gasteiger partial charge is 0.366 e. The number of H-pyrrole nitrogens is 1. The van der Waals surface area contributed by atoms with Gasteiger partial charge in [-0.2, -0.15) is 26.3 Å². The molecule has 4 nitrogen and oxygen atoms in total. The summed E-state index contributed by atoms with van der Waals surface area (Å²) in [6.07, 6.45) is -8.54. The zero-order valence-electron chi connectivity index (χ0n) is 19.0. The summed E-state index contributed by atoms with van der Waals surface area (Å²) in [4.78, 5) is 19.2. The lowest BCUT2D eigenvalue weighted by Crippen LogP contribution is -2.13. The van der Waals surface area contributed by atoms with E-state index in [2.05, 4.69) is 9.97 Å². The maximum absolute atomic E-state index is 13.0. The lowest BCUT2D eigenvalue weighted by molar-refractivity contribution is -0.138. The predicted octanol–water partition coefficient (Wildman–Crippen LogP) is 7.22. The number of thioether (sulfide) groups is 1. The Balaban J connectivity index is 1.65. The second kappa shape index (κ2) is 10.3. The summed E-state index contributed by atoms with van der Waals surface area (Å²) >= 11 is 1.30. The minimum absolute atomic E-state index is 0.300. The number of hydrogen-bond acceptors (Lipinski definition) is 3. The highest BCUT2D eigenvalue weighted by Gasteiger charge is 2.31. The number of primary amides is 1. The SMILES string of the molecule is NC(=O)c1ccccc1CCSc1nc(-c2ccc(C(F)(F)F)cc2)c(-c2ccc(C(F)(F)F)cc2)[nH]1. The predicted molar refractivity (Wildman–Crippen MR) is 129 cm³/mol. The van der Waals surface area contributed by atoms with E-state index in [1.54, 1.807) is 24.3 Å². The summed E-state index contributed by atoms with van der Waals surface area (Å²) < 4.78 is 78.1. The number of imidazole rings is 1. The fraction of sp³-hybridized carbons (Fsp3) is 0.154. The van der Waals surface area contributed by atoms with E-state index >= 15 is 0 Å². The molecule has 3 aromatic carbocycles. The first kappa shape index (κ1) is 26.3. The first-order valence-electron chi connectivity index (χ1n) is 10.9. The summed E-state index contributed by atoms with van der Waals surface area (Å²) in [6.45, 7) is 0. The highest BCUT2D eigenvalue weighted by molar-refractivity contribution is 7.99. The lowest BCUT2D eigenvalue weighted by Gasteiger charge is -2.09. The van der Waals surface area contributed by atoms with Gasteiger partial charge < -0.3 is 10.7 Å². The molecule has 0 unspecified atom stereocenters. The third kappa shape index (κ3) is 6.16. The number of nitrogens with two attached hydrogens (primary N) is 1. The van der Waals surface area contributed by atoms with Crippen LogP contribution in [0.2, 0.25) is 0 Å². The Morgan fingerprint density at radius 2 is 1.35 bits per heavy atom. The van der Waals surface area contributed by atoms with Gasteiger partial charge in [0.2, 0.25) is 5.91 Å². The standard InChI is InChI=1S/C26H19F6N3OS/c27-25(28,29)18-9-5-16(6-10-18)21-22(17-7-11-19(12-8-17)26(30,31)32)35-24(34-21)37-14-13-15-3-1-2-4-20(15)23(33)36/h1-12H,13-14H2,(H2,33,36)(H,34,35). The van der Waals surface area contributed by atoms with Crippen LogP contribution in [0.25, 0.3) is 22.5 Å². The van der Waals surface area contributed by atoms with Crippen molar-refractivity contribution in [3.63, 3.8) is 0 Å². The van der Waals surface area contributed by atoms with Crippen LogP contribution >= 0.6 is 11.8 Å². The molecule has 1 aromatic heterocycles. The van der Waals surface area contributed by atoms with Crippen molar-refractivity contribution in [2.24, 2.45) is 5.73 Å². The number of aromatic nitrogens is 2. The lowest BCUT2D eigenvalue weighted by atomic mass is 10.0. The Morgan fingerprint density at radius 1 is 0.811 bits per heavy atom. The van der Waals surface area contributed by atoms with Crippen LogP contribution in [0.1, 0.15) is 27.0 Å². The number of aryl methyl sites for hydroxylation is 1. The van der Waals surface area contributed by atoms with Crippen molar-refractivity contribution in [2.75, 3.05) is 5.75 Å². The summed E-state index contributed by atoms with van der Waals surface area (Å²) in [5.41, 5.74) is 6.34. The van der Waals surface area contributed by atoms with E-state index in [-0.39, 0.29) is 0 Å². The second-order valence-corrected chi connectivity index (χ2v) is 9.12. The zero-order chi connectivity index (χ0) is 26.8. The molecule has 0 spiro atoms. The molecule has 0 atom stereocenters. The van der Waals surface area contributed by atoms with Crippen LogP contribution in [0, 0.1) is 0 Å². The number of alkyl halides is 6. The van der Waals surface area contributed by atoms with E-state index in [0.717, 1.165) is 29.8 Å². The van der Waals surface area contributed by atoms with Crippen LogP contribution in [0.4, 0.5) is 26.3 Å². The van der Waals surface area contributed by atoms with E-state index in [4.69, 9.17) is 5.73 Å². The molecule has 3 N–H and O–H groups in total. The van der Waals surface area contributed by atoms with Gasteiger partial charge in [-0.3, -0.25) is 4.79 Å². The fourth-order valence-corrected chi connectivity index (χ4v) is 4.56. The van der Waals surface area contributed by atoms with Gasteiger partial charge in [0.15, 0.2) is 5.16 Å². The van der Waals surface area contributed by atoms with Crippen LogP contribution in [0.5, 0.6) is 0 Å². The third-order valence-corrected chi connectivity index (χ3v) is 6.44. The maximum atomic E-state index is 13.0. The number of halogens is 6. The maximum Gasteiger partial charge on any atom is 0.416 e. The van der Waals surface area contributed by atoms with Gasteiger partial charge in [-0.25, -0.2) is 4.98 Å². The summed E-state index contributed by atoms with van der Waals surface area (Å²) in [6, 6.07) is 15.7. The van der Waals surface area contributed by atoms with E-state index < -0.39 is 29.4 Å². The van der Waals surface area contributed by atoms with Gasteiger partial charge in [-0.05, 0) is 42.3 Å². The molecular weight excluding hydrogens is 516 g/mol. The normalized spacial score (nSPS) is 12.1. The summed E-state index contributed by atoms with van der Waals surface area (Å²) in [5.74, 6) is -0.0655. The highest BCUT2D eigenvalue weighted by Crippen LogP contribution is 2.37. The minimum Gasteiger partial charge on any atom is -0.366 e. The molecule has 4 rings (SSSR count). The van der Waals surface area contributed by atoms with Gasteiger partial charge in [-0.1, -0.05) is 54.2 Å². The van der Waals surface area contributed by atoms with E-state index in [0.29, 0.717) is 45.4 Å². The number of carbonyl (C=O) groups is 1. The largest absolute Gasteiger partial charge is 0.416 e. The van der Waals surface area contributed by atoms with Crippen molar-refractivity contribution in [1.29, 1.82) is 0 Å². The summed E-state index contributed by atoms with van der Waals surface area (Å²) in [7, 11) is 0. The van der Waals surface area contributed by atoms with E-state index in [9.17, 15) is 31.1 Å². The molecule has 0 saturated carbocycles. The van der Waals surface area contributed by atoms with Crippen molar-refractivity contribution >= 4 is 17.7 Å². The quantitative estimate of drug-likeness (QED) is 0.194. The average molecular weight is 536 g/mol. The number of rotatable bonds is 7. The number of nitrogens with zero attached hydrogens (tertiary/aromatic N) is 1. The first-order valence-corrected chi connectivity index (χ1v) is 11.9. The Labute approximate surface area is 211 Å². The summed E-state index contributed by atoms with van der Waals surface area (Å²) in [5, 5.41) is 0.418. The molecule has 0 bridgehead atoms. The molecule has 0 aliphatic carbocycles. The van der Waals surface area contributed by atoms with Crippen LogP contribution < -0.4 is 5.73 Å². The van der Waals surface area contributed by atoms with Gasteiger partial charge >= 0.3 is 12.4 Å². The molecule has 0 fully saturated rings.